The molecule has 3 unspecified atom stereocenters. The third-order valence-electron chi connectivity index (χ3n) is 3.89. The topological polar surface area (TPSA) is 18.5 Å². The van der Waals surface area contributed by atoms with E-state index in [0.717, 1.165) is 5.92 Å². The second kappa shape index (κ2) is 5.50. The minimum atomic E-state index is -0.450. The highest BCUT2D eigenvalue weighted by molar-refractivity contribution is 4.82. The van der Waals surface area contributed by atoms with Crippen LogP contribution in [0, 0.1) is 17.8 Å². The molecule has 0 bridgehead atoms. The van der Waals surface area contributed by atoms with Crippen LogP contribution >= 0.6 is 0 Å². The molecule has 0 spiro atoms. The molecule has 1 saturated carbocycles. The maximum Gasteiger partial charge on any atom is 0.162 e. The number of rotatable bonds is 4. The van der Waals surface area contributed by atoms with Gasteiger partial charge in [0.25, 0.3) is 0 Å². The molecular weight excluding hydrogens is 200 g/mol. The van der Waals surface area contributed by atoms with Crippen molar-refractivity contribution in [1.82, 2.24) is 0 Å². The average molecular weight is 228 g/mol. The normalized spacial score (nSPS) is 32.1. The molecule has 3 atom stereocenters. The first kappa shape index (κ1) is 14.0. The van der Waals surface area contributed by atoms with E-state index in [1.165, 1.54) is 19.3 Å². The van der Waals surface area contributed by atoms with Gasteiger partial charge < -0.3 is 9.47 Å². The first-order chi connectivity index (χ1) is 7.35. The molecule has 0 aliphatic heterocycles. The Morgan fingerprint density at radius 3 is 2.31 bits per heavy atom. The Labute approximate surface area is 101 Å². The standard InChI is InChI=1S/C14H28O2/c1-10(2)12-8-7-11(3)9-13(12)16-14(4,5)15-6/h10-13H,7-9H2,1-6H3. The number of hydrogen-bond acceptors (Lipinski definition) is 2. The third-order valence-corrected chi connectivity index (χ3v) is 3.89. The maximum atomic E-state index is 6.15. The summed E-state index contributed by atoms with van der Waals surface area (Å²) in [6.07, 6.45) is 4.17. The van der Waals surface area contributed by atoms with Crippen LogP contribution in [-0.4, -0.2) is 19.0 Å². The van der Waals surface area contributed by atoms with Gasteiger partial charge in [-0.2, -0.15) is 0 Å². The van der Waals surface area contributed by atoms with Crippen molar-refractivity contribution in [3.05, 3.63) is 0 Å². The lowest BCUT2D eigenvalue weighted by Gasteiger charge is -2.40. The average Bonchev–Trinajstić information content (AvgIpc) is 2.16. The van der Waals surface area contributed by atoms with Gasteiger partial charge in [-0.25, -0.2) is 0 Å². The molecule has 2 nitrogen and oxygen atoms in total. The lowest BCUT2D eigenvalue weighted by Crippen LogP contribution is -2.41. The largest absolute Gasteiger partial charge is 0.354 e. The predicted molar refractivity (Wildman–Crippen MR) is 67.3 cm³/mol. The van der Waals surface area contributed by atoms with Gasteiger partial charge in [0.1, 0.15) is 0 Å². The fraction of sp³-hybridized carbons (Fsp3) is 1.00. The van der Waals surface area contributed by atoms with Gasteiger partial charge in [-0.1, -0.05) is 27.2 Å². The molecule has 0 aromatic carbocycles. The van der Waals surface area contributed by atoms with E-state index in [0.29, 0.717) is 17.9 Å². The molecule has 0 radical (unpaired) electrons. The Morgan fingerprint density at radius 2 is 1.81 bits per heavy atom. The van der Waals surface area contributed by atoms with E-state index in [1.807, 2.05) is 13.8 Å². The summed E-state index contributed by atoms with van der Waals surface area (Å²) in [6, 6.07) is 0. The molecule has 0 heterocycles. The first-order valence-electron chi connectivity index (χ1n) is 6.58. The summed E-state index contributed by atoms with van der Waals surface area (Å²) < 4.78 is 11.5. The minimum Gasteiger partial charge on any atom is -0.354 e. The summed E-state index contributed by atoms with van der Waals surface area (Å²) in [7, 11) is 1.72. The van der Waals surface area contributed by atoms with Crippen molar-refractivity contribution in [3.63, 3.8) is 0 Å². The predicted octanol–water partition coefficient (Wildman–Crippen LogP) is 3.85. The van der Waals surface area contributed by atoms with Crippen LogP contribution in [0.4, 0.5) is 0 Å². The van der Waals surface area contributed by atoms with Crippen molar-refractivity contribution in [2.75, 3.05) is 7.11 Å². The Balaban J connectivity index is 2.64. The third kappa shape index (κ3) is 3.74. The van der Waals surface area contributed by atoms with Gasteiger partial charge in [-0.15, -0.1) is 0 Å². The van der Waals surface area contributed by atoms with Crippen molar-refractivity contribution >= 4 is 0 Å². The van der Waals surface area contributed by atoms with Crippen molar-refractivity contribution in [3.8, 4) is 0 Å². The second-order valence-electron chi connectivity index (χ2n) is 6.09. The van der Waals surface area contributed by atoms with Gasteiger partial charge in [0.15, 0.2) is 5.79 Å². The summed E-state index contributed by atoms with van der Waals surface area (Å²) >= 11 is 0. The summed E-state index contributed by atoms with van der Waals surface area (Å²) in [5.74, 6) is 1.72. The highest BCUT2D eigenvalue weighted by atomic mass is 16.7. The van der Waals surface area contributed by atoms with Crippen LogP contribution in [0.1, 0.15) is 53.9 Å². The Morgan fingerprint density at radius 1 is 1.19 bits per heavy atom. The Hall–Kier alpha value is -0.0800. The first-order valence-corrected chi connectivity index (χ1v) is 6.58. The minimum absolute atomic E-state index is 0.360. The number of methoxy groups -OCH3 is 1. The van der Waals surface area contributed by atoms with E-state index in [-0.39, 0.29) is 0 Å². The molecule has 1 aliphatic carbocycles. The smallest absolute Gasteiger partial charge is 0.162 e. The van der Waals surface area contributed by atoms with Crippen LogP contribution in [0.25, 0.3) is 0 Å². The second-order valence-corrected chi connectivity index (χ2v) is 6.09. The van der Waals surface area contributed by atoms with Crippen LogP contribution in [0.15, 0.2) is 0 Å². The van der Waals surface area contributed by atoms with Crippen molar-refractivity contribution in [2.45, 2.75) is 65.8 Å². The summed E-state index contributed by atoms with van der Waals surface area (Å²) in [6.45, 7) is 10.9. The monoisotopic (exact) mass is 228 g/mol. The van der Waals surface area contributed by atoms with Gasteiger partial charge in [-0.05, 0) is 44.4 Å². The van der Waals surface area contributed by atoms with Crippen LogP contribution in [0.3, 0.4) is 0 Å². The van der Waals surface area contributed by atoms with Gasteiger partial charge in [0, 0.05) is 7.11 Å². The molecule has 96 valence electrons. The highest BCUT2D eigenvalue weighted by Crippen LogP contribution is 2.37. The van der Waals surface area contributed by atoms with Gasteiger partial charge in [0.2, 0.25) is 0 Å². The molecule has 1 fully saturated rings. The van der Waals surface area contributed by atoms with Crippen molar-refractivity contribution in [1.29, 1.82) is 0 Å². The fourth-order valence-corrected chi connectivity index (χ4v) is 2.66. The number of hydrogen-bond donors (Lipinski definition) is 0. The Kier molecular flexibility index (Phi) is 4.81. The van der Waals surface area contributed by atoms with Gasteiger partial charge in [-0.3, -0.25) is 0 Å². The summed E-state index contributed by atoms with van der Waals surface area (Å²) in [5.41, 5.74) is 0. The highest BCUT2D eigenvalue weighted by Gasteiger charge is 2.35. The van der Waals surface area contributed by atoms with Crippen LogP contribution in [-0.2, 0) is 9.47 Å². The van der Waals surface area contributed by atoms with Gasteiger partial charge >= 0.3 is 0 Å². The van der Waals surface area contributed by atoms with E-state index in [4.69, 9.17) is 9.47 Å². The zero-order valence-electron chi connectivity index (χ0n) is 11.7. The van der Waals surface area contributed by atoms with E-state index in [9.17, 15) is 0 Å². The zero-order chi connectivity index (χ0) is 12.3. The molecule has 1 rings (SSSR count). The van der Waals surface area contributed by atoms with Gasteiger partial charge in [0.05, 0.1) is 6.10 Å². The molecular formula is C14H28O2. The summed E-state index contributed by atoms with van der Waals surface area (Å²) in [4.78, 5) is 0. The van der Waals surface area contributed by atoms with E-state index in [2.05, 4.69) is 20.8 Å². The fourth-order valence-electron chi connectivity index (χ4n) is 2.66. The molecule has 0 saturated heterocycles. The molecule has 0 amide bonds. The van der Waals surface area contributed by atoms with Crippen LogP contribution in [0.5, 0.6) is 0 Å². The van der Waals surface area contributed by atoms with E-state index in [1.54, 1.807) is 7.11 Å². The molecule has 0 aromatic rings. The Bertz CT molecular complexity index is 211. The quantitative estimate of drug-likeness (QED) is 0.680. The molecule has 16 heavy (non-hydrogen) atoms. The van der Waals surface area contributed by atoms with E-state index < -0.39 is 5.79 Å². The summed E-state index contributed by atoms with van der Waals surface area (Å²) in [5, 5.41) is 0. The lowest BCUT2D eigenvalue weighted by atomic mass is 9.75. The number of ether oxygens (including phenoxy) is 2. The maximum absolute atomic E-state index is 6.15. The SMILES string of the molecule is COC(C)(C)OC1CC(C)CCC1C(C)C. The zero-order valence-corrected chi connectivity index (χ0v) is 11.7. The van der Waals surface area contributed by atoms with E-state index >= 15 is 0 Å². The lowest BCUT2D eigenvalue weighted by molar-refractivity contribution is -0.243. The van der Waals surface area contributed by atoms with Crippen molar-refractivity contribution < 1.29 is 9.47 Å². The molecule has 1 aliphatic rings. The molecule has 2 heteroatoms. The molecule has 0 aromatic heterocycles. The van der Waals surface area contributed by atoms with Crippen molar-refractivity contribution in [2.24, 2.45) is 17.8 Å². The van der Waals surface area contributed by atoms with Crippen LogP contribution in [0.2, 0.25) is 0 Å². The molecule has 0 N–H and O–H groups in total. The van der Waals surface area contributed by atoms with Crippen LogP contribution < -0.4 is 0 Å².